The van der Waals surface area contributed by atoms with Crippen molar-refractivity contribution < 1.29 is 9.53 Å². The fourth-order valence-electron chi connectivity index (χ4n) is 2.42. The van der Waals surface area contributed by atoms with E-state index >= 15 is 0 Å². The lowest BCUT2D eigenvalue weighted by Crippen LogP contribution is -2.44. The molecule has 2 heterocycles. The van der Waals surface area contributed by atoms with Crippen molar-refractivity contribution >= 4 is 17.7 Å². The summed E-state index contributed by atoms with van der Waals surface area (Å²) in [6.07, 6.45) is 1.80. The minimum Gasteiger partial charge on any atom is -0.378 e. The number of methoxy groups -OCH3 is 1. The number of rotatable bonds is 6. The molecule has 1 fully saturated rings. The Balaban J connectivity index is 1.81. The maximum absolute atomic E-state index is 12.1. The summed E-state index contributed by atoms with van der Waals surface area (Å²) in [5.74, 6) is 0.411. The van der Waals surface area contributed by atoms with Crippen molar-refractivity contribution in [3.05, 3.63) is 24.4 Å². The second-order valence-electron chi connectivity index (χ2n) is 5.45. The van der Waals surface area contributed by atoms with E-state index in [1.165, 1.54) is 11.8 Å². The number of aromatic nitrogens is 1. The molecule has 2 rings (SSSR count). The molecule has 6 heteroatoms. The Morgan fingerprint density at radius 2 is 2.33 bits per heavy atom. The van der Waals surface area contributed by atoms with E-state index in [2.05, 4.69) is 29.0 Å². The normalized spacial score (nSPS) is 22.7. The molecule has 0 aliphatic carbocycles. The fourth-order valence-corrected chi connectivity index (χ4v) is 3.10. The number of nitrogens with one attached hydrogen (secondary N) is 1. The predicted octanol–water partition coefficient (Wildman–Crippen LogP) is 1.40. The van der Waals surface area contributed by atoms with Gasteiger partial charge >= 0.3 is 0 Å². The smallest absolute Gasteiger partial charge is 0.230 e. The number of ether oxygens (including phenoxy) is 1. The summed E-state index contributed by atoms with van der Waals surface area (Å²) >= 11 is 1.45. The summed E-state index contributed by atoms with van der Waals surface area (Å²) in [5, 5.41) is 3.95. The van der Waals surface area contributed by atoms with Gasteiger partial charge in [0.25, 0.3) is 0 Å². The Kier molecular flexibility index (Phi) is 6.02. The molecule has 0 aromatic carbocycles. The van der Waals surface area contributed by atoms with Crippen molar-refractivity contribution in [1.82, 2.24) is 15.2 Å². The Morgan fingerprint density at radius 1 is 1.52 bits per heavy atom. The highest BCUT2D eigenvalue weighted by Crippen LogP contribution is 2.17. The standard InChI is InChI=1S/C15H23N3O2S/c1-11(2)18-8-12(13(9-18)20-3)17-14(19)10-21-15-6-4-5-7-16-15/h4-7,11-13H,8-10H2,1-3H3,(H,17,19)/t12-,13-/m1/s1. The van der Waals surface area contributed by atoms with Gasteiger partial charge in [-0.2, -0.15) is 0 Å². The van der Waals surface area contributed by atoms with E-state index in [1.54, 1.807) is 13.3 Å². The molecule has 0 bridgehead atoms. The molecule has 116 valence electrons. The zero-order valence-electron chi connectivity index (χ0n) is 12.8. The molecule has 1 amide bonds. The highest BCUT2D eigenvalue weighted by molar-refractivity contribution is 7.99. The largest absolute Gasteiger partial charge is 0.378 e. The van der Waals surface area contributed by atoms with Crippen LogP contribution in [0.3, 0.4) is 0 Å². The van der Waals surface area contributed by atoms with E-state index in [-0.39, 0.29) is 18.1 Å². The van der Waals surface area contributed by atoms with Gasteiger partial charge in [-0.1, -0.05) is 17.8 Å². The first-order valence-electron chi connectivity index (χ1n) is 7.20. The highest BCUT2D eigenvalue weighted by atomic mass is 32.2. The van der Waals surface area contributed by atoms with Crippen molar-refractivity contribution in [2.24, 2.45) is 0 Å². The van der Waals surface area contributed by atoms with Gasteiger partial charge in [-0.05, 0) is 26.0 Å². The van der Waals surface area contributed by atoms with Crippen LogP contribution >= 0.6 is 11.8 Å². The Hall–Kier alpha value is -1.11. The van der Waals surface area contributed by atoms with Crippen LogP contribution in [-0.4, -0.2) is 59.9 Å². The number of hydrogen-bond donors (Lipinski definition) is 1. The summed E-state index contributed by atoms with van der Waals surface area (Å²) in [6, 6.07) is 6.23. The number of hydrogen-bond acceptors (Lipinski definition) is 5. The molecular weight excluding hydrogens is 286 g/mol. The first-order valence-corrected chi connectivity index (χ1v) is 8.18. The number of nitrogens with zero attached hydrogens (tertiary/aromatic N) is 2. The monoisotopic (exact) mass is 309 g/mol. The van der Waals surface area contributed by atoms with Crippen LogP contribution in [0.5, 0.6) is 0 Å². The predicted molar refractivity (Wildman–Crippen MR) is 84.4 cm³/mol. The second-order valence-corrected chi connectivity index (χ2v) is 6.45. The van der Waals surface area contributed by atoms with Gasteiger partial charge in [0.2, 0.25) is 5.91 Å². The third-order valence-corrected chi connectivity index (χ3v) is 4.61. The SMILES string of the molecule is CO[C@@H]1CN(C(C)C)C[C@H]1NC(=O)CSc1ccccn1. The number of thioether (sulfide) groups is 1. The summed E-state index contributed by atoms with van der Waals surface area (Å²) in [7, 11) is 1.70. The summed E-state index contributed by atoms with van der Waals surface area (Å²) in [4.78, 5) is 18.6. The van der Waals surface area contributed by atoms with Gasteiger partial charge in [-0.15, -0.1) is 0 Å². The molecule has 0 radical (unpaired) electrons. The van der Waals surface area contributed by atoms with E-state index in [4.69, 9.17) is 4.74 Å². The van der Waals surface area contributed by atoms with Crippen molar-refractivity contribution in [3.63, 3.8) is 0 Å². The third kappa shape index (κ3) is 4.69. The van der Waals surface area contributed by atoms with E-state index in [0.717, 1.165) is 18.1 Å². The van der Waals surface area contributed by atoms with Gasteiger partial charge in [0.15, 0.2) is 0 Å². The van der Waals surface area contributed by atoms with Crippen molar-refractivity contribution in [2.75, 3.05) is 26.0 Å². The van der Waals surface area contributed by atoms with Gasteiger partial charge in [0.1, 0.15) is 0 Å². The summed E-state index contributed by atoms with van der Waals surface area (Å²) in [5.41, 5.74) is 0. The van der Waals surface area contributed by atoms with Crippen LogP contribution in [0.25, 0.3) is 0 Å². The molecule has 0 unspecified atom stereocenters. The molecule has 0 saturated carbocycles. The number of carbonyl (C=O) groups excluding carboxylic acids is 1. The molecule has 0 spiro atoms. The number of amides is 1. The van der Waals surface area contributed by atoms with E-state index < -0.39 is 0 Å². The maximum atomic E-state index is 12.1. The first-order chi connectivity index (χ1) is 10.1. The van der Waals surface area contributed by atoms with Crippen molar-refractivity contribution in [3.8, 4) is 0 Å². The minimum atomic E-state index is 0.0308. The Bertz CT molecular complexity index is 455. The lowest BCUT2D eigenvalue weighted by atomic mass is 10.2. The van der Waals surface area contributed by atoms with Crippen LogP contribution in [0.1, 0.15) is 13.8 Å². The van der Waals surface area contributed by atoms with Crippen LogP contribution in [-0.2, 0) is 9.53 Å². The molecule has 1 N–H and O–H groups in total. The van der Waals surface area contributed by atoms with Gasteiger partial charge in [-0.3, -0.25) is 9.69 Å². The minimum absolute atomic E-state index is 0.0308. The molecule has 1 aromatic rings. The number of likely N-dealkylation sites (tertiary alicyclic amines) is 1. The molecule has 21 heavy (non-hydrogen) atoms. The fraction of sp³-hybridized carbons (Fsp3) is 0.600. The number of pyridine rings is 1. The van der Waals surface area contributed by atoms with Gasteiger partial charge in [0.05, 0.1) is 22.9 Å². The third-order valence-electron chi connectivity index (χ3n) is 3.66. The van der Waals surface area contributed by atoms with E-state index in [9.17, 15) is 4.79 Å². The quantitative estimate of drug-likeness (QED) is 0.805. The maximum Gasteiger partial charge on any atom is 0.230 e. The van der Waals surface area contributed by atoms with Gasteiger partial charge in [-0.25, -0.2) is 4.98 Å². The molecular formula is C15H23N3O2S. The Morgan fingerprint density at radius 3 is 2.95 bits per heavy atom. The van der Waals surface area contributed by atoms with Crippen molar-refractivity contribution in [1.29, 1.82) is 0 Å². The first kappa shape index (κ1) is 16.3. The average molecular weight is 309 g/mol. The average Bonchev–Trinajstić information content (AvgIpc) is 2.89. The lowest BCUT2D eigenvalue weighted by molar-refractivity contribution is -0.119. The van der Waals surface area contributed by atoms with Gasteiger partial charge in [0, 0.05) is 32.4 Å². The van der Waals surface area contributed by atoms with Crippen LogP contribution < -0.4 is 5.32 Å². The molecule has 1 aliphatic rings. The topological polar surface area (TPSA) is 54.5 Å². The zero-order valence-corrected chi connectivity index (χ0v) is 13.6. The highest BCUT2D eigenvalue weighted by Gasteiger charge is 2.34. The van der Waals surface area contributed by atoms with Crippen LogP contribution in [0, 0.1) is 0 Å². The van der Waals surface area contributed by atoms with Crippen LogP contribution in [0.2, 0.25) is 0 Å². The Labute approximate surface area is 130 Å². The zero-order chi connectivity index (χ0) is 15.2. The second kappa shape index (κ2) is 7.77. The molecule has 1 aliphatic heterocycles. The summed E-state index contributed by atoms with van der Waals surface area (Å²) in [6.45, 7) is 6.03. The van der Waals surface area contributed by atoms with Gasteiger partial charge < -0.3 is 10.1 Å². The van der Waals surface area contributed by atoms with E-state index in [0.29, 0.717) is 11.8 Å². The summed E-state index contributed by atoms with van der Waals surface area (Å²) < 4.78 is 5.49. The van der Waals surface area contributed by atoms with Crippen molar-refractivity contribution in [2.45, 2.75) is 37.1 Å². The van der Waals surface area contributed by atoms with E-state index in [1.807, 2.05) is 18.2 Å². The van der Waals surface area contributed by atoms with Crippen LogP contribution in [0.4, 0.5) is 0 Å². The molecule has 2 atom stereocenters. The molecule has 5 nitrogen and oxygen atoms in total. The van der Waals surface area contributed by atoms with Crippen LogP contribution in [0.15, 0.2) is 29.4 Å². The number of carbonyl (C=O) groups is 1. The molecule has 1 saturated heterocycles. The lowest BCUT2D eigenvalue weighted by Gasteiger charge is -2.19. The molecule has 1 aromatic heterocycles.